The van der Waals surface area contributed by atoms with Crippen LogP contribution >= 0.6 is 0 Å². The molecule has 1 aromatic heterocycles. The predicted molar refractivity (Wildman–Crippen MR) is 69.9 cm³/mol. The summed E-state index contributed by atoms with van der Waals surface area (Å²) in [7, 11) is 3.43. The standard InChI is InChI=1S/C13H17N3O2/c1-9-6-13(15-16(9)2)14-8-10-4-5-12(18-3)11(17)7-10/h4-7,17H,8H2,1-3H3,(H,14,15). The monoisotopic (exact) mass is 247 g/mol. The van der Waals surface area contributed by atoms with Crippen molar-refractivity contribution in [3.05, 3.63) is 35.5 Å². The number of aromatic nitrogens is 2. The van der Waals surface area contributed by atoms with Gasteiger partial charge >= 0.3 is 0 Å². The van der Waals surface area contributed by atoms with Crippen molar-refractivity contribution in [1.82, 2.24) is 9.78 Å². The van der Waals surface area contributed by atoms with Gasteiger partial charge in [0.1, 0.15) is 5.82 Å². The molecular formula is C13H17N3O2. The number of methoxy groups -OCH3 is 1. The van der Waals surface area contributed by atoms with Crippen LogP contribution in [0.15, 0.2) is 24.3 Å². The third kappa shape index (κ3) is 2.56. The molecule has 0 aliphatic rings. The minimum Gasteiger partial charge on any atom is -0.504 e. The van der Waals surface area contributed by atoms with Gasteiger partial charge in [0, 0.05) is 25.4 Å². The molecule has 0 amide bonds. The zero-order valence-electron chi connectivity index (χ0n) is 10.8. The molecule has 1 aromatic carbocycles. The van der Waals surface area contributed by atoms with E-state index in [1.165, 1.54) is 7.11 Å². The smallest absolute Gasteiger partial charge is 0.160 e. The van der Waals surface area contributed by atoms with E-state index in [9.17, 15) is 5.11 Å². The van der Waals surface area contributed by atoms with E-state index >= 15 is 0 Å². The van der Waals surface area contributed by atoms with Gasteiger partial charge in [-0.1, -0.05) is 6.07 Å². The molecule has 1 heterocycles. The van der Waals surface area contributed by atoms with E-state index in [4.69, 9.17) is 4.74 Å². The van der Waals surface area contributed by atoms with Crippen molar-refractivity contribution in [2.45, 2.75) is 13.5 Å². The van der Waals surface area contributed by atoms with Gasteiger partial charge in [0.15, 0.2) is 11.5 Å². The summed E-state index contributed by atoms with van der Waals surface area (Å²) in [5, 5.41) is 17.2. The molecule has 0 atom stereocenters. The number of aromatic hydroxyl groups is 1. The second-order valence-corrected chi connectivity index (χ2v) is 4.15. The van der Waals surface area contributed by atoms with Crippen LogP contribution in [0.2, 0.25) is 0 Å². The highest BCUT2D eigenvalue weighted by molar-refractivity contribution is 5.43. The summed E-state index contributed by atoms with van der Waals surface area (Å²) in [5.41, 5.74) is 2.06. The number of benzene rings is 1. The number of anilines is 1. The maximum atomic E-state index is 9.66. The molecule has 0 aliphatic carbocycles. The first kappa shape index (κ1) is 12.3. The molecule has 96 valence electrons. The van der Waals surface area contributed by atoms with Crippen LogP contribution in [0.3, 0.4) is 0 Å². The third-order valence-electron chi connectivity index (χ3n) is 2.83. The normalized spacial score (nSPS) is 10.4. The summed E-state index contributed by atoms with van der Waals surface area (Å²) in [5.74, 6) is 1.45. The number of aryl methyl sites for hydroxylation is 2. The van der Waals surface area contributed by atoms with Crippen molar-refractivity contribution in [3.8, 4) is 11.5 Å². The molecule has 0 unspecified atom stereocenters. The summed E-state index contributed by atoms with van der Waals surface area (Å²) in [4.78, 5) is 0. The van der Waals surface area contributed by atoms with Gasteiger partial charge in [-0.25, -0.2) is 0 Å². The molecule has 2 rings (SSSR count). The van der Waals surface area contributed by atoms with Crippen molar-refractivity contribution in [3.63, 3.8) is 0 Å². The molecule has 0 saturated heterocycles. The Bertz CT molecular complexity index is 530. The molecule has 0 spiro atoms. The fourth-order valence-electron chi connectivity index (χ4n) is 1.69. The second kappa shape index (κ2) is 5.00. The summed E-state index contributed by atoms with van der Waals surface area (Å²) < 4.78 is 6.81. The Morgan fingerprint density at radius 2 is 2.17 bits per heavy atom. The second-order valence-electron chi connectivity index (χ2n) is 4.15. The molecule has 5 nitrogen and oxygen atoms in total. The Hall–Kier alpha value is -2.17. The molecule has 2 N–H and O–H groups in total. The van der Waals surface area contributed by atoms with E-state index in [2.05, 4.69) is 10.4 Å². The van der Waals surface area contributed by atoms with Gasteiger partial charge in [0.25, 0.3) is 0 Å². The zero-order valence-corrected chi connectivity index (χ0v) is 10.8. The lowest BCUT2D eigenvalue weighted by molar-refractivity contribution is 0.373. The summed E-state index contributed by atoms with van der Waals surface area (Å²) in [6.07, 6.45) is 0. The SMILES string of the molecule is COc1ccc(CNc2cc(C)n(C)n2)cc1O. The summed E-state index contributed by atoms with van der Waals surface area (Å²) >= 11 is 0. The molecule has 2 aromatic rings. The lowest BCUT2D eigenvalue weighted by Gasteiger charge is -2.07. The highest BCUT2D eigenvalue weighted by Crippen LogP contribution is 2.26. The predicted octanol–water partition coefficient (Wildman–Crippen LogP) is 2.05. The molecule has 0 aliphatic heterocycles. The zero-order chi connectivity index (χ0) is 13.1. The van der Waals surface area contributed by atoms with Crippen LogP contribution in [0.4, 0.5) is 5.82 Å². The summed E-state index contributed by atoms with van der Waals surface area (Å²) in [6.45, 7) is 2.60. The highest BCUT2D eigenvalue weighted by Gasteiger charge is 2.04. The number of phenolic OH excluding ortho intramolecular Hbond substituents is 1. The average Bonchev–Trinajstić information content (AvgIpc) is 2.66. The number of nitrogens with zero attached hydrogens (tertiary/aromatic N) is 2. The van der Waals surface area contributed by atoms with Crippen molar-refractivity contribution in [1.29, 1.82) is 0 Å². The number of hydrogen-bond acceptors (Lipinski definition) is 4. The third-order valence-corrected chi connectivity index (χ3v) is 2.83. The fourth-order valence-corrected chi connectivity index (χ4v) is 1.69. The molecular weight excluding hydrogens is 230 g/mol. The lowest BCUT2D eigenvalue weighted by Crippen LogP contribution is -2.01. The molecule has 5 heteroatoms. The first-order chi connectivity index (χ1) is 8.60. The first-order valence-electron chi connectivity index (χ1n) is 5.70. The number of nitrogens with one attached hydrogen (secondary N) is 1. The number of phenols is 1. The van der Waals surface area contributed by atoms with Crippen LogP contribution in [-0.4, -0.2) is 22.0 Å². The molecule has 0 fully saturated rings. The minimum absolute atomic E-state index is 0.147. The highest BCUT2D eigenvalue weighted by atomic mass is 16.5. The Morgan fingerprint density at radius 1 is 1.39 bits per heavy atom. The quantitative estimate of drug-likeness (QED) is 0.868. The number of hydrogen-bond donors (Lipinski definition) is 2. The van der Waals surface area contributed by atoms with E-state index in [0.717, 1.165) is 17.1 Å². The van der Waals surface area contributed by atoms with Gasteiger partial charge in [0.2, 0.25) is 0 Å². The van der Waals surface area contributed by atoms with Gasteiger partial charge in [-0.05, 0) is 24.6 Å². The van der Waals surface area contributed by atoms with Crippen LogP contribution in [0.1, 0.15) is 11.3 Å². The van der Waals surface area contributed by atoms with Crippen molar-refractivity contribution < 1.29 is 9.84 Å². The Morgan fingerprint density at radius 3 is 2.72 bits per heavy atom. The van der Waals surface area contributed by atoms with E-state index in [1.54, 1.807) is 12.1 Å². The van der Waals surface area contributed by atoms with E-state index < -0.39 is 0 Å². The Balaban J connectivity index is 2.04. The summed E-state index contributed by atoms with van der Waals surface area (Å²) in [6, 6.07) is 7.31. The molecule has 0 bridgehead atoms. The number of rotatable bonds is 4. The maximum Gasteiger partial charge on any atom is 0.160 e. The minimum atomic E-state index is 0.147. The van der Waals surface area contributed by atoms with Crippen LogP contribution in [0, 0.1) is 6.92 Å². The van der Waals surface area contributed by atoms with Gasteiger partial charge in [-0.2, -0.15) is 5.10 Å². The topological polar surface area (TPSA) is 59.3 Å². The number of ether oxygens (including phenoxy) is 1. The molecule has 18 heavy (non-hydrogen) atoms. The molecule has 0 radical (unpaired) electrons. The van der Waals surface area contributed by atoms with Crippen LogP contribution in [0.5, 0.6) is 11.5 Å². The van der Waals surface area contributed by atoms with Gasteiger partial charge in [0.05, 0.1) is 7.11 Å². The average molecular weight is 247 g/mol. The van der Waals surface area contributed by atoms with Crippen LogP contribution in [0.25, 0.3) is 0 Å². The van der Waals surface area contributed by atoms with E-state index in [1.807, 2.05) is 30.8 Å². The molecule has 0 saturated carbocycles. The lowest BCUT2D eigenvalue weighted by atomic mass is 10.2. The van der Waals surface area contributed by atoms with E-state index in [0.29, 0.717) is 12.3 Å². The van der Waals surface area contributed by atoms with E-state index in [-0.39, 0.29) is 5.75 Å². The van der Waals surface area contributed by atoms with Crippen molar-refractivity contribution in [2.75, 3.05) is 12.4 Å². The van der Waals surface area contributed by atoms with Gasteiger partial charge < -0.3 is 15.2 Å². The largest absolute Gasteiger partial charge is 0.504 e. The van der Waals surface area contributed by atoms with Crippen molar-refractivity contribution in [2.24, 2.45) is 7.05 Å². The van der Waals surface area contributed by atoms with Crippen LogP contribution in [-0.2, 0) is 13.6 Å². The Kier molecular flexibility index (Phi) is 3.41. The van der Waals surface area contributed by atoms with Gasteiger partial charge in [-0.15, -0.1) is 0 Å². The maximum absolute atomic E-state index is 9.66. The van der Waals surface area contributed by atoms with Gasteiger partial charge in [-0.3, -0.25) is 4.68 Å². The Labute approximate surface area is 106 Å². The van der Waals surface area contributed by atoms with Crippen molar-refractivity contribution >= 4 is 5.82 Å². The first-order valence-corrected chi connectivity index (χ1v) is 5.70. The van der Waals surface area contributed by atoms with Crippen LogP contribution < -0.4 is 10.1 Å². The fraction of sp³-hybridized carbons (Fsp3) is 0.308.